The van der Waals surface area contributed by atoms with E-state index in [9.17, 15) is 0 Å². The van der Waals surface area contributed by atoms with E-state index in [-0.39, 0.29) is 5.54 Å². The van der Waals surface area contributed by atoms with E-state index in [1.54, 1.807) is 22.7 Å². The molecular formula is C16H18BrN5S2. The summed E-state index contributed by atoms with van der Waals surface area (Å²) in [7, 11) is 0. The Kier molecular flexibility index (Phi) is 4.55. The predicted molar refractivity (Wildman–Crippen MR) is 104 cm³/mol. The maximum absolute atomic E-state index is 6.56. The second-order valence-electron chi connectivity index (χ2n) is 6.33. The number of thiophene rings is 2. The van der Waals surface area contributed by atoms with Crippen LogP contribution in [0.5, 0.6) is 0 Å². The standard InChI is InChI=1S/C16H18BrN5S2/c17-12-11(8-16(18)5-1-2-6-16)24-14-13(12)20-22-21-15(14)19-9-10-4-3-7-23-10/h3-4,7H,1-2,5-6,8-9,18H2,(H,19,20,21). The summed E-state index contributed by atoms with van der Waals surface area (Å²) in [5.41, 5.74) is 7.36. The summed E-state index contributed by atoms with van der Waals surface area (Å²) in [6.07, 6.45) is 5.54. The van der Waals surface area contributed by atoms with Gasteiger partial charge in [-0.1, -0.05) is 18.9 Å². The molecule has 4 rings (SSSR count). The first kappa shape index (κ1) is 16.4. The summed E-state index contributed by atoms with van der Waals surface area (Å²) in [5.74, 6) is 0.794. The second-order valence-corrected chi connectivity index (χ2v) is 9.26. The maximum Gasteiger partial charge on any atom is 0.170 e. The van der Waals surface area contributed by atoms with Crippen LogP contribution >= 0.6 is 38.6 Å². The lowest BCUT2D eigenvalue weighted by molar-refractivity contribution is 0.439. The van der Waals surface area contributed by atoms with Crippen molar-refractivity contribution >= 4 is 54.6 Å². The summed E-state index contributed by atoms with van der Waals surface area (Å²) in [6, 6.07) is 4.16. The molecule has 1 fully saturated rings. The quantitative estimate of drug-likeness (QED) is 0.637. The summed E-state index contributed by atoms with van der Waals surface area (Å²) >= 11 is 7.16. The van der Waals surface area contributed by atoms with Crippen molar-refractivity contribution < 1.29 is 0 Å². The summed E-state index contributed by atoms with van der Waals surface area (Å²) in [5, 5.41) is 17.8. The molecule has 126 valence electrons. The van der Waals surface area contributed by atoms with Gasteiger partial charge in [0.25, 0.3) is 0 Å². The molecule has 1 aliphatic rings. The number of nitrogens with two attached hydrogens (primary N) is 1. The SMILES string of the molecule is NC1(Cc2sc3c(NCc4cccs4)nnnc3c2Br)CCCC1. The zero-order valence-electron chi connectivity index (χ0n) is 13.1. The van der Waals surface area contributed by atoms with Crippen molar-refractivity contribution in [2.24, 2.45) is 5.73 Å². The predicted octanol–water partition coefficient (Wildman–Crippen LogP) is 4.34. The molecule has 1 aliphatic carbocycles. The monoisotopic (exact) mass is 423 g/mol. The third-order valence-electron chi connectivity index (χ3n) is 4.52. The number of nitrogens with zero attached hydrogens (tertiary/aromatic N) is 3. The summed E-state index contributed by atoms with van der Waals surface area (Å²) < 4.78 is 2.07. The number of fused-ring (bicyclic) bond motifs is 1. The van der Waals surface area contributed by atoms with Crippen LogP contribution in [0, 0.1) is 0 Å². The van der Waals surface area contributed by atoms with Crippen molar-refractivity contribution in [2.45, 2.75) is 44.2 Å². The number of anilines is 1. The van der Waals surface area contributed by atoms with Gasteiger partial charge in [0.2, 0.25) is 0 Å². The zero-order valence-corrected chi connectivity index (χ0v) is 16.3. The van der Waals surface area contributed by atoms with E-state index < -0.39 is 0 Å². The molecule has 0 spiro atoms. The van der Waals surface area contributed by atoms with E-state index in [0.717, 1.165) is 46.3 Å². The van der Waals surface area contributed by atoms with Gasteiger partial charge in [-0.2, -0.15) is 0 Å². The topological polar surface area (TPSA) is 76.7 Å². The number of hydrogen-bond donors (Lipinski definition) is 2. The smallest absolute Gasteiger partial charge is 0.170 e. The minimum Gasteiger partial charge on any atom is -0.362 e. The normalized spacial score (nSPS) is 16.8. The first-order valence-corrected chi connectivity index (χ1v) is 10.5. The van der Waals surface area contributed by atoms with Crippen molar-refractivity contribution in [1.82, 2.24) is 15.4 Å². The van der Waals surface area contributed by atoms with Gasteiger partial charge in [-0.15, -0.1) is 32.9 Å². The molecule has 3 N–H and O–H groups in total. The molecule has 24 heavy (non-hydrogen) atoms. The van der Waals surface area contributed by atoms with Crippen molar-refractivity contribution in [2.75, 3.05) is 5.32 Å². The van der Waals surface area contributed by atoms with E-state index >= 15 is 0 Å². The first-order chi connectivity index (χ1) is 11.6. The van der Waals surface area contributed by atoms with E-state index in [2.05, 4.69) is 54.2 Å². The number of rotatable bonds is 5. The van der Waals surface area contributed by atoms with Crippen LogP contribution in [0.1, 0.15) is 35.4 Å². The van der Waals surface area contributed by atoms with Gasteiger partial charge in [0.1, 0.15) is 10.2 Å². The fourth-order valence-electron chi connectivity index (χ4n) is 3.24. The van der Waals surface area contributed by atoms with Crippen molar-refractivity contribution in [3.63, 3.8) is 0 Å². The molecule has 5 nitrogen and oxygen atoms in total. The molecule has 3 aromatic heterocycles. The molecule has 0 aromatic carbocycles. The number of halogens is 1. The Balaban J connectivity index is 1.63. The molecule has 1 saturated carbocycles. The molecule has 3 heterocycles. The van der Waals surface area contributed by atoms with Crippen LogP contribution in [-0.4, -0.2) is 20.9 Å². The van der Waals surface area contributed by atoms with Gasteiger partial charge in [0, 0.05) is 21.7 Å². The highest BCUT2D eigenvalue weighted by atomic mass is 79.9. The lowest BCUT2D eigenvalue weighted by atomic mass is 9.94. The molecule has 0 bridgehead atoms. The number of nitrogens with one attached hydrogen (secondary N) is 1. The van der Waals surface area contributed by atoms with Gasteiger partial charge < -0.3 is 11.1 Å². The fourth-order valence-corrected chi connectivity index (χ4v) is 5.92. The van der Waals surface area contributed by atoms with Crippen LogP contribution in [0.15, 0.2) is 22.0 Å². The minimum atomic E-state index is -0.0746. The molecule has 0 radical (unpaired) electrons. The Morgan fingerprint density at radius 2 is 2.12 bits per heavy atom. The third kappa shape index (κ3) is 3.20. The molecule has 8 heteroatoms. The molecule has 3 aromatic rings. The van der Waals surface area contributed by atoms with Crippen molar-refractivity contribution in [3.8, 4) is 0 Å². The van der Waals surface area contributed by atoms with Crippen molar-refractivity contribution in [3.05, 3.63) is 31.7 Å². The average Bonchev–Trinajstić information content (AvgIpc) is 3.29. The van der Waals surface area contributed by atoms with E-state index in [4.69, 9.17) is 5.73 Å². The molecular weight excluding hydrogens is 406 g/mol. The van der Waals surface area contributed by atoms with Gasteiger partial charge in [-0.05, 0) is 45.4 Å². The molecule has 0 aliphatic heterocycles. The van der Waals surface area contributed by atoms with Crippen LogP contribution in [0.2, 0.25) is 0 Å². The Morgan fingerprint density at radius 1 is 1.29 bits per heavy atom. The van der Waals surface area contributed by atoms with Crippen LogP contribution in [0.3, 0.4) is 0 Å². The molecule has 0 unspecified atom stereocenters. The third-order valence-corrected chi connectivity index (χ3v) is 7.70. The number of hydrogen-bond acceptors (Lipinski definition) is 7. The molecule has 0 atom stereocenters. The van der Waals surface area contributed by atoms with Crippen LogP contribution < -0.4 is 11.1 Å². The highest BCUT2D eigenvalue weighted by Crippen LogP contribution is 2.41. The second kappa shape index (κ2) is 6.67. The lowest BCUT2D eigenvalue weighted by Crippen LogP contribution is -2.38. The van der Waals surface area contributed by atoms with Crippen LogP contribution in [-0.2, 0) is 13.0 Å². The van der Waals surface area contributed by atoms with E-state index in [1.807, 2.05) is 0 Å². The number of aromatic nitrogens is 3. The van der Waals surface area contributed by atoms with Gasteiger partial charge in [-0.3, -0.25) is 0 Å². The highest BCUT2D eigenvalue weighted by molar-refractivity contribution is 9.10. The molecule has 0 amide bonds. The Morgan fingerprint density at radius 3 is 2.88 bits per heavy atom. The van der Waals surface area contributed by atoms with Gasteiger partial charge in [0.15, 0.2) is 5.82 Å². The van der Waals surface area contributed by atoms with Crippen LogP contribution in [0.25, 0.3) is 10.2 Å². The van der Waals surface area contributed by atoms with Gasteiger partial charge in [0.05, 0.1) is 11.0 Å². The Hall–Kier alpha value is -1.09. The Bertz CT molecular complexity index is 840. The average molecular weight is 424 g/mol. The van der Waals surface area contributed by atoms with Gasteiger partial charge >= 0.3 is 0 Å². The maximum atomic E-state index is 6.56. The van der Waals surface area contributed by atoms with Crippen LogP contribution in [0.4, 0.5) is 5.82 Å². The largest absolute Gasteiger partial charge is 0.362 e. The Labute approximate surface area is 156 Å². The summed E-state index contributed by atoms with van der Waals surface area (Å²) in [6.45, 7) is 0.747. The zero-order chi connectivity index (χ0) is 16.6. The van der Waals surface area contributed by atoms with E-state index in [1.165, 1.54) is 22.6 Å². The summed E-state index contributed by atoms with van der Waals surface area (Å²) in [4.78, 5) is 2.51. The van der Waals surface area contributed by atoms with Gasteiger partial charge in [-0.25, -0.2) is 0 Å². The molecule has 0 saturated heterocycles. The van der Waals surface area contributed by atoms with E-state index in [0.29, 0.717) is 0 Å². The fraction of sp³-hybridized carbons (Fsp3) is 0.438. The highest BCUT2D eigenvalue weighted by Gasteiger charge is 2.31. The minimum absolute atomic E-state index is 0.0746. The lowest BCUT2D eigenvalue weighted by Gasteiger charge is -2.22. The van der Waals surface area contributed by atoms with Crippen molar-refractivity contribution in [1.29, 1.82) is 0 Å². The first-order valence-electron chi connectivity index (χ1n) is 8.00.